The summed E-state index contributed by atoms with van der Waals surface area (Å²) in [5.74, 6) is -1.44. The van der Waals surface area contributed by atoms with Crippen molar-refractivity contribution in [2.24, 2.45) is 0 Å². The van der Waals surface area contributed by atoms with Crippen molar-refractivity contribution < 1.29 is 29.3 Å². The number of hydrogen-bond donors (Lipinski definition) is 2. The first-order valence-electron chi connectivity index (χ1n) is 11.1. The van der Waals surface area contributed by atoms with Crippen LogP contribution in [0.3, 0.4) is 0 Å². The number of aliphatic hydroxyl groups is 1. The highest BCUT2D eigenvalue weighted by molar-refractivity contribution is 5.78. The van der Waals surface area contributed by atoms with E-state index >= 15 is 0 Å². The number of allylic oxidation sites excluding steroid dienone is 1. The molecule has 29 heavy (non-hydrogen) atoms. The highest BCUT2D eigenvalue weighted by Gasteiger charge is 2.34. The van der Waals surface area contributed by atoms with Crippen LogP contribution in [-0.4, -0.2) is 40.1 Å². The van der Waals surface area contributed by atoms with Crippen LogP contribution in [0.2, 0.25) is 0 Å². The third-order valence-electron chi connectivity index (χ3n) is 4.98. The van der Waals surface area contributed by atoms with E-state index in [-0.39, 0.29) is 19.4 Å². The molecule has 0 aromatic rings. The Balaban J connectivity index is 3.77. The number of carboxylic acids is 1. The predicted octanol–water partition coefficient (Wildman–Crippen LogP) is 4.97. The van der Waals surface area contributed by atoms with Gasteiger partial charge in [0.1, 0.15) is 5.78 Å². The summed E-state index contributed by atoms with van der Waals surface area (Å²) in [5.41, 5.74) is -1.91. The third-order valence-corrected chi connectivity index (χ3v) is 4.98. The molecule has 0 bridgehead atoms. The van der Waals surface area contributed by atoms with Gasteiger partial charge in [0.25, 0.3) is 0 Å². The minimum absolute atomic E-state index is 0.0175. The summed E-state index contributed by atoms with van der Waals surface area (Å²) in [7, 11) is 0. The molecule has 0 aromatic carbocycles. The van der Waals surface area contributed by atoms with Crippen LogP contribution in [0.25, 0.3) is 0 Å². The van der Waals surface area contributed by atoms with Gasteiger partial charge in [0.05, 0.1) is 6.61 Å². The summed E-state index contributed by atoms with van der Waals surface area (Å²) >= 11 is 0. The van der Waals surface area contributed by atoms with Crippen LogP contribution in [0.5, 0.6) is 0 Å². The van der Waals surface area contributed by atoms with Gasteiger partial charge in [-0.1, -0.05) is 57.6 Å². The second kappa shape index (κ2) is 17.2. The minimum Gasteiger partial charge on any atom is -0.479 e. The van der Waals surface area contributed by atoms with Crippen LogP contribution < -0.4 is 0 Å². The Bertz CT molecular complexity index is 500. The van der Waals surface area contributed by atoms with E-state index in [1.165, 1.54) is 26.2 Å². The smallest absolute Gasteiger partial charge is 0.336 e. The molecule has 0 aromatic heterocycles. The van der Waals surface area contributed by atoms with E-state index in [1.807, 2.05) is 6.08 Å². The van der Waals surface area contributed by atoms with Gasteiger partial charge in [0.15, 0.2) is 5.60 Å². The Morgan fingerprint density at radius 3 is 2.03 bits per heavy atom. The van der Waals surface area contributed by atoms with Gasteiger partial charge in [-0.15, -0.1) is 0 Å². The molecule has 0 saturated heterocycles. The number of rotatable bonds is 19. The molecule has 0 amide bonds. The molecule has 0 unspecified atom stereocenters. The molecule has 6 heteroatoms. The highest BCUT2D eigenvalue weighted by Crippen LogP contribution is 2.18. The number of carbonyl (C=O) groups is 3. The molecule has 0 spiro atoms. The molecular weight excluding hydrogens is 372 g/mol. The van der Waals surface area contributed by atoms with Crippen molar-refractivity contribution >= 4 is 17.7 Å². The first kappa shape index (κ1) is 27.3. The largest absolute Gasteiger partial charge is 0.479 e. The summed E-state index contributed by atoms with van der Waals surface area (Å²) in [6, 6.07) is 0. The number of esters is 1. The monoisotopic (exact) mass is 412 g/mol. The lowest BCUT2D eigenvalue weighted by Gasteiger charge is -2.21. The second-order valence-electron chi connectivity index (χ2n) is 7.76. The number of unbranched alkanes of at least 4 members (excludes halogenated alkanes) is 8. The van der Waals surface area contributed by atoms with E-state index in [0.717, 1.165) is 51.4 Å². The van der Waals surface area contributed by atoms with Gasteiger partial charge in [-0.3, -0.25) is 9.59 Å². The molecule has 2 N–H and O–H groups in total. The van der Waals surface area contributed by atoms with Crippen molar-refractivity contribution in [2.45, 2.75) is 109 Å². The molecule has 168 valence electrons. The molecule has 1 atom stereocenters. The van der Waals surface area contributed by atoms with Crippen LogP contribution >= 0.6 is 0 Å². The van der Waals surface area contributed by atoms with Crippen LogP contribution in [0.1, 0.15) is 104 Å². The number of carbonyl (C=O) groups excluding carboxylic acids is 2. The lowest BCUT2D eigenvalue weighted by Crippen LogP contribution is -2.39. The Labute approximate surface area is 175 Å². The Morgan fingerprint density at radius 1 is 0.897 bits per heavy atom. The molecule has 0 heterocycles. The summed E-state index contributed by atoms with van der Waals surface area (Å²) in [6.45, 7) is 3.30. The topological polar surface area (TPSA) is 101 Å². The van der Waals surface area contributed by atoms with Crippen molar-refractivity contribution in [1.82, 2.24) is 0 Å². The maximum atomic E-state index is 11.8. The Hall–Kier alpha value is -1.69. The van der Waals surface area contributed by atoms with Gasteiger partial charge in [-0.25, -0.2) is 4.79 Å². The number of aliphatic carboxylic acids is 1. The highest BCUT2D eigenvalue weighted by atomic mass is 16.5. The first-order valence-corrected chi connectivity index (χ1v) is 11.1. The zero-order chi connectivity index (χ0) is 22.0. The summed E-state index contributed by atoms with van der Waals surface area (Å²) in [5, 5.41) is 19.3. The Kier molecular flexibility index (Phi) is 16.2. The molecule has 0 fully saturated rings. The van der Waals surface area contributed by atoms with Crippen molar-refractivity contribution in [1.29, 1.82) is 0 Å². The molecular formula is C23H40O6. The number of Topliss-reactive ketones (excluding diaryl/α,β-unsaturated/α-hetero) is 1. The maximum absolute atomic E-state index is 11.8. The van der Waals surface area contributed by atoms with Gasteiger partial charge in [0.2, 0.25) is 0 Å². The maximum Gasteiger partial charge on any atom is 0.336 e. The Morgan fingerprint density at radius 2 is 1.48 bits per heavy atom. The van der Waals surface area contributed by atoms with Crippen LogP contribution in [-0.2, 0) is 19.1 Å². The number of carboxylic acid groups (broad SMARTS) is 1. The van der Waals surface area contributed by atoms with Gasteiger partial charge in [-0.05, 0) is 25.7 Å². The first-order chi connectivity index (χ1) is 13.8. The minimum atomic E-state index is -1.91. The predicted molar refractivity (Wildman–Crippen MR) is 114 cm³/mol. The summed E-state index contributed by atoms with van der Waals surface area (Å²) < 4.78 is 4.71. The molecule has 0 rings (SSSR count). The molecule has 6 nitrogen and oxygen atoms in total. The van der Waals surface area contributed by atoms with Gasteiger partial charge < -0.3 is 14.9 Å². The summed E-state index contributed by atoms with van der Waals surface area (Å²) in [4.78, 5) is 33.8. The fraction of sp³-hybridized carbons (Fsp3) is 0.783. The molecule has 0 aliphatic heterocycles. The third kappa shape index (κ3) is 15.9. The number of ether oxygens (including phenoxy) is 1. The fourth-order valence-electron chi connectivity index (χ4n) is 3.04. The zero-order valence-electron chi connectivity index (χ0n) is 18.3. The average molecular weight is 413 g/mol. The standard InChI is InChI=1S/C23H40O6/c1-3-4-5-9-12-15-21(25)16-13-10-7-6-8-11-14-17-23(28,22(26)27)18-19-29-20(2)24/h11,14,28H,3-10,12-13,15-19H2,1-2H3,(H,26,27)/b14-11+/t23-/m1/s1. The molecule has 0 saturated carbocycles. The van der Waals surface area contributed by atoms with E-state index in [0.29, 0.717) is 12.2 Å². The quantitative estimate of drug-likeness (QED) is 0.176. The van der Waals surface area contributed by atoms with Crippen molar-refractivity contribution in [3.05, 3.63) is 12.2 Å². The zero-order valence-corrected chi connectivity index (χ0v) is 18.3. The van der Waals surface area contributed by atoms with E-state index in [1.54, 1.807) is 6.08 Å². The van der Waals surface area contributed by atoms with Crippen LogP contribution in [0.4, 0.5) is 0 Å². The van der Waals surface area contributed by atoms with Crippen molar-refractivity contribution in [3.63, 3.8) is 0 Å². The normalized spacial score (nSPS) is 13.3. The van der Waals surface area contributed by atoms with Gasteiger partial charge in [-0.2, -0.15) is 0 Å². The number of ketones is 1. The average Bonchev–Trinajstić information content (AvgIpc) is 2.66. The molecule has 0 radical (unpaired) electrons. The molecule has 0 aliphatic carbocycles. The second-order valence-corrected chi connectivity index (χ2v) is 7.76. The SMILES string of the molecule is CCCCCCCC(=O)CCCCCC/C=C/C[C@@](O)(CCOC(C)=O)C(=O)O. The molecule has 0 aliphatic rings. The van der Waals surface area contributed by atoms with Crippen molar-refractivity contribution in [3.8, 4) is 0 Å². The van der Waals surface area contributed by atoms with E-state index < -0.39 is 17.5 Å². The van der Waals surface area contributed by atoms with Crippen molar-refractivity contribution in [2.75, 3.05) is 6.61 Å². The number of hydrogen-bond acceptors (Lipinski definition) is 5. The van der Waals surface area contributed by atoms with Crippen LogP contribution in [0.15, 0.2) is 12.2 Å². The van der Waals surface area contributed by atoms with E-state index in [9.17, 15) is 24.6 Å². The van der Waals surface area contributed by atoms with Gasteiger partial charge >= 0.3 is 11.9 Å². The van der Waals surface area contributed by atoms with E-state index in [4.69, 9.17) is 4.74 Å². The van der Waals surface area contributed by atoms with Gasteiger partial charge in [0, 0.05) is 32.6 Å². The van der Waals surface area contributed by atoms with E-state index in [2.05, 4.69) is 6.92 Å². The van der Waals surface area contributed by atoms with Crippen LogP contribution in [0, 0.1) is 0 Å². The fourth-order valence-corrected chi connectivity index (χ4v) is 3.04. The summed E-state index contributed by atoms with van der Waals surface area (Å²) in [6.07, 6.45) is 15.5. The lowest BCUT2D eigenvalue weighted by atomic mass is 9.95. The lowest BCUT2D eigenvalue weighted by molar-refractivity contribution is -0.162.